The highest BCUT2D eigenvalue weighted by Gasteiger charge is 2.17. The van der Waals surface area contributed by atoms with Crippen LogP contribution < -0.4 is 10.6 Å². The third-order valence-corrected chi connectivity index (χ3v) is 3.98. The highest BCUT2D eigenvalue weighted by atomic mass is 127. The van der Waals surface area contributed by atoms with Crippen LogP contribution in [0.15, 0.2) is 24.3 Å². The van der Waals surface area contributed by atoms with Gasteiger partial charge in [0.25, 0.3) is 0 Å². The zero-order valence-electron chi connectivity index (χ0n) is 11.3. The molecule has 0 aliphatic rings. The molecular formula is C14H21IN2O. The maximum atomic E-state index is 12.0. The smallest absolute Gasteiger partial charge is 0.241 e. The first-order valence-corrected chi connectivity index (χ1v) is 7.31. The van der Waals surface area contributed by atoms with Crippen LogP contribution in [0.4, 0.5) is 5.69 Å². The zero-order valence-corrected chi connectivity index (χ0v) is 13.5. The Morgan fingerprint density at radius 3 is 2.33 bits per heavy atom. The van der Waals surface area contributed by atoms with Crippen molar-refractivity contribution in [3.63, 3.8) is 0 Å². The van der Waals surface area contributed by atoms with Crippen LogP contribution in [0.25, 0.3) is 0 Å². The highest BCUT2D eigenvalue weighted by molar-refractivity contribution is 14.1. The van der Waals surface area contributed by atoms with E-state index in [-0.39, 0.29) is 11.9 Å². The summed E-state index contributed by atoms with van der Waals surface area (Å²) >= 11 is 2.22. The van der Waals surface area contributed by atoms with Crippen molar-refractivity contribution >= 4 is 34.2 Å². The summed E-state index contributed by atoms with van der Waals surface area (Å²) in [5.41, 5.74) is 0.869. The van der Waals surface area contributed by atoms with Crippen molar-refractivity contribution < 1.29 is 4.79 Å². The van der Waals surface area contributed by atoms with Crippen molar-refractivity contribution in [3.8, 4) is 0 Å². The van der Waals surface area contributed by atoms with Gasteiger partial charge in [-0.25, -0.2) is 0 Å². The van der Waals surface area contributed by atoms with Crippen molar-refractivity contribution in [2.24, 2.45) is 5.92 Å². The maximum absolute atomic E-state index is 12.0. The molecule has 1 rings (SSSR count). The first-order valence-electron chi connectivity index (χ1n) is 6.23. The predicted molar refractivity (Wildman–Crippen MR) is 84.7 cm³/mol. The SMILES string of the molecule is CC(C)[C@@H](C)N[C@@H](C)C(=O)Nc1ccccc1I. The number of para-hydroxylation sites is 1. The van der Waals surface area contributed by atoms with Gasteiger partial charge in [0.15, 0.2) is 0 Å². The molecule has 0 bridgehead atoms. The van der Waals surface area contributed by atoms with Crippen LogP contribution in [-0.2, 0) is 4.79 Å². The lowest BCUT2D eigenvalue weighted by Gasteiger charge is -2.22. The molecule has 0 saturated carbocycles. The monoisotopic (exact) mass is 360 g/mol. The second-order valence-electron chi connectivity index (χ2n) is 4.89. The van der Waals surface area contributed by atoms with Crippen LogP contribution in [0, 0.1) is 9.49 Å². The number of carbonyl (C=O) groups is 1. The Morgan fingerprint density at radius 1 is 1.17 bits per heavy atom. The molecule has 1 aromatic carbocycles. The average molecular weight is 360 g/mol. The van der Waals surface area contributed by atoms with Gasteiger partial charge in [-0.3, -0.25) is 4.79 Å². The first kappa shape index (κ1) is 15.4. The summed E-state index contributed by atoms with van der Waals surface area (Å²) in [5.74, 6) is 0.517. The molecule has 0 saturated heterocycles. The van der Waals surface area contributed by atoms with Gasteiger partial charge >= 0.3 is 0 Å². The van der Waals surface area contributed by atoms with Crippen molar-refractivity contribution in [3.05, 3.63) is 27.8 Å². The van der Waals surface area contributed by atoms with Gasteiger partial charge in [0.2, 0.25) is 5.91 Å². The fourth-order valence-electron chi connectivity index (χ4n) is 1.47. The van der Waals surface area contributed by atoms with Crippen molar-refractivity contribution in [1.29, 1.82) is 0 Å². The van der Waals surface area contributed by atoms with Crippen LogP contribution >= 0.6 is 22.6 Å². The van der Waals surface area contributed by atoms with Crippen LogP contribution in [0.2, 0.25) is 0 Å². The minimum Gasteiger partial charge on any atom is -0.324 e. The lowest BCUT2D eigenvalue weighted by molar-refractivity contribution is -0.118. The summed E-state index contributed by atoms with van der Waals surface area (Å²) in [6.45, 7) is 8.27. The Balaban J connectivity index is 2.58. The van der Waals surface area contributed by atoms with E-state index < -0.39 is 0 Å². The predicted octanol–water partition coefficient (Wildman–Crippen LogP) is 3.25. The zero-order chi connectivity index (χ0) is 13.7. The molecule has 3 nitrogen and oxygen atoms in total. The number of rotatable bonds is 5. The van der Waals surface area contributed by atoms with E-state index in [4.69, 9.17) is 0 Å². The number of nitrogens with one attached hydrogen (secondary N) is 2. The number of benzene rings is 1. The fourth-order valence-corrected chi connectivity index (χ4v) is 1.99. The quantitative estimate of drug-likeness (QED) is 0.792. The maximum Gasteiger partial charge on any atom is 0.241 e. The number of amides is 1. The minimum atomic E-state index is -0.196. The van der Waals surface area contributed by atoms with E-state index in [9.17, 15) is 4.79 Å². The topological polar surface area (TPSA) is 41.1 Å². The van der Waals surface area contributed by atoms with Gasteiger partial charge in [0, 0.05) is 9.61 Å². The van der Waals surface area contributed by atoms with E-state index in [2.05, 4.69) is 54.0 Å². The van der Waals surface area contributed by atoms with Crippen LogP contribution in [0.1, 0.15) is 27.7 Å². The average Bonchev–Trinajstić information content (AvgIpc) is 2.31. The molecule has 0 unspecified atom stereocenters. The molecule has 0 fully saturated rings. The Bertz CT molecular complexity index is 407. The normalized spacial score (nSPS) is 14.3. The van der Waals surface area contributed by atoms with Gasteiger partial charge in [0.1, 0.15) is 0 Å². The molecule has 0 aliphatic heterocycles. The second-order valence-corrected chi connectivity index (χ2v) is 6.05. The molecule has 0 heterocycles. The van der Waals surface area contributed by atoms with E-state index in [1.54, 1.807) is 0 Å². The van der Waals surface area contributed by atoms with E-state index in [1.807, 2.05) is 31.2 Å². The Morgan fingerprint density at radius 2 is 1.78 bits per heavy atom. The van der Waals surface area contributed by atoms with Gasteiger partial charge in [-0.2, -0.15) is 0 Å². The van der Waals surface area contributed by atoms with E-state index >= 15 is 0 Å². The van der Waals surface area contributed by atoms with Gasteiger partial charge in [-0.1, -0.05) is 26.0 Å². The summed E-state index contributed by atoms with van der Waals surface area (Å²) in [7, 11) is 0. The molecule has 1 amide bonds. The Labute approximate surface area is 123 Å². The molecular weight excluding hydrogens is 339 g/mol. The third kappa shape index (κ3) is 4.57. The first-order chi connectivity index (χ1) is 8.41. The molecule has 2 N–H and O–H groups in total. The molecule has 4 heteroatoms. The summed E-state index contributed by atoms with van der Waals surface area (Å²) in [4.78, 5) is 12.0. The molecule has 18 heavy (non-hydrogen) atoms. The van der Waals surface area contributed by atoms with Crippen LogP contribution in [0.5, 0.6) is 0 Å². The largest absolute Gasteiger partial charge is 0.324 e. The molecule has 100 valence electrons. The fraction of sp³-hybridized carbons (Fsp3) is 0.500. The van der Waals surface area contributed by atoms with Crippen LogP contribution in [0.3, 0.4) is 0 Å². The molecule has 0 radical (unpaired) electrons. The summed E-state index contributed by atoms with van der Waals surface area (Å²) in [6.07, 6.45) is 0. The minimum absolute atomic E-state index is 0.00613. The van der Waals surface area contributed by atoms with Crippen molar-refractivity contribution in [1.82, 2.24) is 5.32 Å². The lowest BCUT2D eigenvalue weighted by atomic mass is 10.1. The molecule has 0 aliphatic carbocycles. The third-order valence-electron chi connectivity index (χ3n) is 3.04. The highest BCUT2D eigenvalue weighted by Crippen LogP contribution is 2.17. The summed E-state index contributed by atoms with van der Waals surface area (Å²) in [5, 5.41) is 6.25. The van der Waals surface area contributed by atoms with Gasteiger partial charge in [-0.05, 0) is 54.5 Å². The van der Waals surface area contributed by atoms with Crippen molar-refractivity contribution in [2.45, 2.75) is 39.8 Å². The number of hydrogen-bond donors (Lipinski definition) is 2. The number of carbonyl (C=O) groups excluding carboxylic acids is 1. The second kappa shape index (κ2) is 7.09. The summed E-state index contributed by atoms with van der Waals surface area (Å²) < 4.78 is 1.05. The standard InChI is InChI=1S/C14H21IN2O/c1-9(2)10(3)16-11(4)14(18)17-13-8-6-5-7-12(13)15/h5-11,16H,1-4H3,(H,17,18)/t10-,11+/m1/s1. The molecule has 1 aromatic rings. The Kier molecular flexibility index (Phi) is 6.08. The van der Waals surface area contributed by atoms with Gasteiger partial charge in [0.05, 0.1) is 11.7 Å². The number of halogens is 1. The van der Waals surface area contributed by atoms with Gasteiger partial charge < -0.3 is 10.6 Å². The van der Waals surface area contributed by atoms with Gasteiger partial charge in [-0.15, -0.1) is 0 Å². The summed E-state index contributed by atoms with van der Waals surface area (Å²) in [6, 6.07) is 7.90. The lowest BCUT2D eigenvalue weighted by Crippen LogP contribution is -2.44. The van der Waals surface area contributed by atoms with E-state index in [0.717, 1.165) is 9.26 Å². The molecule has 0 aromatic heterocycles. The van der Waals surface area contributed by atoms with Crippen LogP contribution in [-0.4, -0.2) is 18.0 Å². The number of hydrogen-bond acceptors (Lipinski definition) is 2. The molecule has 2 atom stereocenters. The Hall–Kier alpha value is -0.620. The number of anilines is 1. The van der Waals surface area contributed by atoms with Crippen molar-refractivity contribution in [2.75, 3.05) is 5.32 Å². The molecule has 0 spiro atoms. The van der Waals surface area contributed by atoms with E-state index in [0.29, 0.717) is 12.0 Å². The van der Waals surface area contributed by atoms with E-state index in [1.165, 1.54) is 0 Å².